The van der Waals surface area contributed by atoms with E-state index in [1.54, 1.807) is 35.6 Å². The summed E-state index contributed by atoms with van der Waals surface area (Å²) in [6.45, 7) is 2.40. The number of imide groups is 1. The van der Waals surface area contributed by atoms with Crippen molar-refractivity contribution in [3.63, 3.8) is 0 Å². The maximum atomic E-state index is 12.5. The number of aromatic nitrogens is 1. The lowest BCUT2D eigenvalue weighted by Gasteiger charge is -2.24. The highest BCUT2D eigenvalue weighted by atomic mass is 32.1. The zero-order valence-corrected chi connectivity index (χ0v) is 14.8. The molecule has 2 heterocycles. The molecule has 2 aromatic carbocycles. The fourth-order valence-electron chi connectivity index (χ4n) is 3.06. The molecule has 126 valence electrons. The van der Waals surface area contributed by atoms with Crippen LogP contribution in [0.2, 0.25) is 0 Å². The van der Waals surface area contributed by atoms with Crippen LogP contribution >= 0.6 is 11.3 Å². The largest absolute Gasteiger partial charge is 0.312 e. The SMILES string of the molecule is C[C@@H](c1nc2ccccc2s1)[NH+](C)CN1C(=O)c2ccccc2C1=O. The molecular weight excluding hydrogens is 334 g/mol. The molecule has 1 aliphatic heterocycles. The van der Waals surface area contributed by atoms with Gasteiger partial charge in [0.15, 0.2) is 11.7 Å². The van der Waals surface area contributed by atoms with E-state index in [4.69, 9.17) is 4.98 Å². The Labute approximate surface area is 149 Å². The molecule has 1 unspecified atom stereocenters. The highest BCUT2D eigenvalue weighted by molar-refractivity contribution is 7.18. The Bertz CT molecular complexity index is 913. The first-order valence-electron chi connectivity index (χ1n) is 8.19. The van der Waals surface area contributed by atoms with Crippen LogP contribution in [-0.2, 0) is 0 Å². The third kappa shape index (κ3) is 2.63. The van der Waals surface area contributed by atoms with Crippen molar-refractivity contribution in [3.05, 3.63) is 64.7 Å². The number of amides is 2. The van der Waals surface area contributed by atoms with E-state index in [1.165, 1.54) is 4.90 Å². The first kappa shape index (κ1) is 15.9. The van der Waals surface area contributed by atoms with Crippen molar-refractivity contribution in [2.75, 3.05) is 13.7 Å². The monoisotopic (exact) mass is 352 g/mol. The summed E-state index contributed by atoms with van der Waals surface area (Å²) in [6, 6.07) is 15.1. The van der Waals surface area contributed by atoms with E-state index in [1.807, 2.05) is 25.2 Å². The maximum Gasteiger partial charge on any atom is 0.265 e. The van der Waals surface area contributed by atoms with Crippen molar-refractivity contribution in [2.24, 2.45) is 0 Å². The van der Waals surface area contributed by atoms with E-state index in [-0.39, 0.29) is 17.9 Å². The second kappa shape index (κ2) is 6.06. The van der Waals surface area contributed by atoms with Gasteiger partial charge in [-0.2, -0.15) is 0 Å². The molecule has 6 heteroatoms. The van der Waals surface area contributed by atoms with E-state index >= 15 is 0 Å². The molecule has 0 fully saturated rings. The van der Waals surface area contributed by atoms with Crippen molar-refractivity contribution in [2.45, 2.75) is 13.0 Å². The molecule has 0 saturated carbocycles. The number of rotatable bonds is 4. The van der Waals surface area contributed by atoms with Gasteiger partial charge < -0.3 is 4.90 Å². The predicted molar refractivity (Wildman–Crippen MR) is 96.7 cm³/mol. The summed E-state index contributed by atoms with van der Waals surface area (Å²) in [5.74, 6) is -0.423. The van der Waals surface area contributed by atoms with Crippen LogP contribution in [-0.4, -0.2) is 35.4 Å². The van der Waals surface area contributed by atoms with Crippen LogP contribution in [0.1, 0.15) is 38.7 Å². The number of carbonyl (C=O) groups excluding carboxylic acids is 2. The van der Waals surface area contributed by atoms with Crippen LogP contribution in [0.4, 0.5) is 0 Å². The number of para-hydroxylation sites is 1. The lowest BCUT2D eigenvalue weighted by molar-refractivity contribution is -0.917. The fourth-order valence-corrected chi connectivity index (χ4v) is 4.17. The van der Waals surface area contributed by atoms with Crippen LogP contribution in [0.15, 0.2) is 48.5 Å². The smallest absolute Gasteiger partial charge is 0.265 e. The summed E-state index contributed by atoms with van der Waals surface area (Å²) >= 11 is 1.66. The third-order valence-corrected chi connectivity index (χ3v) is 5.92. The van der Waals surface area contributed by atoms with Gasteiger partial charge in [0.25, 0.3) is 11.8 Å². The fraction of sp³-hybridized carbons (Fsp3) is 0.211. The molecule has 2 amide bonds. The first-order valence-corrected chi connectivity index (χ1v) is 9.01. The van der Waals surface area contributed by atoms with E-state index in [9.17, 15) is 9.59 Å². The van der Waals surface area contributed by atoms with Crippen LogP contribution in [0.3, 0.4) is 0 Å². The summed E-state index contributed by atoms with van der Waals surface area (Å²) in [5, 5.41) is 1.01. The number of benzene rings is 2. The van der Waals surface area contributed by atoms with Gasteiger partial charge in [0, 0.05) is 0 Å². The second-order valence-corrected chi connectivity index (χ2v) is 7.39. The predicted octanol–water partition coefficient (Wildman–Crippen LogP) is 2.13. The molecule has 4 rings (SSSR count). The van der Waals surface area contributed by atoms with Crippen molar-refractivity contribution >= 4 is 33.4 Å². The van der Waals surface area contributed by atoms with Gasteiger partial charge in [-0.1, -0.05) is 24.3 Å². The van der Waals surface area contributed by atoms with Crippen molar-refractivity contribution < 1.29 is 14.5 Å². The maximum absolute atomic E-state index is 12.5. The van der Waals surface area contributed by atoms with Gasteiger partial charge in [-0.15, -0.1) is 11.3 Å². The molecule has 0 saturated heterocycles. The van der Waals surface area contributed by atoms with E-state index < -0.39 is 0 Å². The van der Waals surface area contributed by atoms with E-state index in [0.717, 1.165) is 20.1 Å². The molecule has 0 bridgehead atoms. The summed E-state index contributed by atoms with van der Waals surface area (Å²) < 4.78 is 1.15. The van der Waals surface area contributed by atoms with E-state index in [0.29, 0.717) is 17.8 Å². The Morgan fingerprint density at radius 2 is 1.64 bits per heavy atom. The van der Waals surface area contributed by atoms with Gasteiger partial charge in [0.2, 0.25) is 0 Å². The van der Waals surface area contributed by atoms with Gasteiger partial charge in [0.05, 0.1) is 28.4 Å². The Kier molecular flexibility index (Phi) is 3.86. The number of hydrogen-bond acceptors (Lipinski definition) is 4. The molecule has 5 nitrogen and oxygen atoms in total. The van der Waals surface area contributed by atoms with Crippen molar-refractivity contribution in [1.82, 2.24) is 9.88 Å². The normalized spacial score (nSPS) is 16.3. The summed E-state index contributed by atoms with van der Waals surface area (Å²) in [7, 11) is 1.99. The highest BCUT2D eigenvalue weighted by Crippen LogP contribution is 2.25. The minimum atomic E-state index is -0.212. The van der Waals surface area contributed by atoms with Crippen LogP contribution < -0.4 is 4.90 Å². The average Bonchev–Trinajstić information content (AvgIpc) is 3.17. The first-order chi connectivity index (χ1) is 12.1. The Balaban J connectivity index is 1.55. The number of fused-ring (bicyclic) bond motifs is 2. The summed E-state index contributed by atoms with van der Waals surface area (Å²) in [4.78, 5) is 32.1. The molecule has 0 radical (unpaired) electrons. The van der Waals surface area contributed by atoms with Gasteiger partial charge in [0.1, 0.15) is 6.04 Å². The van der Waals surface area contributed by atoms with Gasteiger partial charge >= 0.3 is 0 Å². The van der Waals surface area contributed by atoms with Crippen molar-refractivity contribution in [1.29, 1.82) is 0 Å². The Morgan fingerprint density at radius 3 is 2.28 bits per heavy atom. The van der Waals surface area contributed by atoms with Crippen LogP contribution in [0.25, 0.3) is 10.2 Å². The van der Waals surface area contributed by atoms with Gasteiger partial charge in [-0.05, 0) is 31.2 Å². The van der Waals surface area contributed by atoms with Gasteiger partial charge in [-0.3, -0.25) is 9.59 Å². The molecule has 1 N–H and O–H groups in total. The zero-order chi connectivity index (χ0) is 17.6. The highest BCUT2D eigenvalue weighted by Gasteiger charge is 2.37. The average molecular weight is 352 g/mol. The lowest BCUT2D eigenvalue weighted by atomic mass is 10.1. The molecule has 25 heavy (non-hydrogen) atoms. The van der Waals surface area contributed by atoms with Crippen LogP contribution in [0, 0.1) is 0 Å². The number of carbonyl (C=O) groups is 2. The van der Waals surface area contributed by atoms with Crippen LogP contribution in [0.5, 0.6) is 0 Å². The molecule has 0 aliphatic carbocycles. The third-order valence-electron chi connectivity index (χ3n) is 4.71. The molecule has 1 aliphatic rings. The molecule has 0 spiro atoms. The van der Waals surface area contributed by atoms with Gasteiger partial charge in [-0.25, -0.2) is 9.88 Å². The minimum absolute atomic E-state index is 0.0849. The molecular formula is C19H18N3O2S+. The summed E-state index contributed by atoms with van der Waals surface area (Å²) in [5.41, 5.74) is 1.98. The summed E-state index contributed by atoms with van der Waals surface area (Å²) in [6.07, 6.45) is 0. The van der Waals surface area contributed by atoms with E-state index in [2.05, 4.69) is 13.0 Å². The number of hydrogen-bond donors (Lipinski definition) is 1. The number of nitrogens with zero attached hydrogens (tertiary/aromatic N) is 2. The lowest BCUT2D eigenvalue weighted by Crippen LogP contribution is -3.10. The Hall–Kier alpha value is -2.57. The molecule has 1 aromatic heterocycles. The number of thiazole rings is 1. The quantitative estimate of drug-likeness (QED) is 0.732. The zero-order valence-electron chi connectivity index (χ0n) is 14.0. The number of quaternary nitrogens is 1. The molecule has 3 aromatic rings. The molecule has 2 atom stereocenters. The standard InChI is InChI=1S/C19H17N3O2S/c1-12(17-20-15-9-5-6-10-16(15)25-17)21(2)11-22-18(23)13-7-3-4-8-14(13)19(22)24/h3-10,12H,11H2,1-2H3/p+1/t12-/m0/s1. The Morgan fingerprint density at radius 1 is 1.04 bits per heavy atom. The van der Waals surface area contributed by atoms with Crippen molar-refractivity contribution in [3.8, 4) is 0 Å². The minimum Gasteiger partial charge on any atom is -0.312 e. The topological polar surface area (TPSA) is 54.7 Å². The number of nitrogens with one attached hydrogen (secondary N) is 1. The second-order valence-electron chi connectivity index (χ2n) is 6.33.